The highest BCUT2D eigenvalue weighted by Crippen LogP contribution is 2.19. The zero-order valence-corrected chi connectivity index (χ0v) is 9.94. The summed E-state index contributed by atoms with van der Waals surface area (Å²) in [7, 11) is 1.85. The van der Waals surface area contributed by atoms with E-state index in [0.717, 1.165) is 11.0 Å². The molecule has 17 heavy (non-hydrogen) atoms. The lowest BCUT2D eigenvalue weighted by molar-refractivity contribution is -0.142. The number of carboxylic acids is 1. The standard InChI is InChI=1S/C11H11ClN2O3/c1-14-9-3-2-7(12)4-8(9)13-10(14)5-17-6-11(15)16/h2-4H,5-6H2,1H3,(H,15,16). The van der Waals surface area contributed by atoms with Gasteiger partial charge in [0.15, 0.2) is 0 Å². The minimum Gasteiger partial charge on any atom is -0.480 e. The van der Waals surface area contributed by atoms with Gasteiger partial charge in [0.1, 0.15) is 19.0 Å². The molecule has 0 unspecified atom stereocenters. The minimum absolute atomic E-state index is 0.162. The van der Waals surface area contributed by atoms with Gasteiger partial charge in [0, 0.05) is 12.1 Å². The van der Waals surface area contributed by atoms with Gasteiger partial charge in [-0.25, -0.2) is 9.78 Å². The number of carboxylic acid groups (broad SMARTS) is 1. The van der Waals surface area contributed by atoms with E-state index in [2.05, 4.69) is 4.98 Å². The first kappa shape index (κ1) is 11.9. The van der Waals surface area contributed by atoms with E-state index in [1.165, 1.54) is 0 Å². The van der Waals surface area contributed by atoms with Crippen LogP contribution in [0.4, 0.5) is 0 Å². The van der Waals surface area contributed by atoms with Crippen LogP contribution < -0.4 is 0 Å². The van der Waals surface area contributed by atoms with Crippen molar-refractivity contribution in [2.75, 3.05) is 6.61 Å². The Bertz CT molecular complexity index is 565. The summed E-state index contributed by atoms with van der Waals surface area (Å²) in [6, 6.07) is 5.41. The van der Waals surface area contributed by atoms with Crippen molar-refractivity contribution in [3.8, 4) is 0 Å². The Balaban J connectivity index is 2.23. The summed E-state index contributed by atoms with van der Waals surface area (Å²) in [6.07, 6.45) is 0. The molecule has 0 amide bonds. The largest absolute Gasteiger partial charge is 0.480 e. The monoisotopic (exact) mass is 254 g/mol. The molecular weight excluding hydrogens is 244 g/mol. The van der Waals surface area contributed by atoms with Crippen LogP contribution in [0.1, 0.15) is 5.82 Å². The van der Waals surface area contributed by atoms with Gasteiger partial charge in [-0.3, -0.25) is 0 Å². The van der Waals surface area contributed by atoms with E-state index >= 15 is 0 Å². The second-order valence-corrected chi connectivity index (χ2v) is 4.04. The van der Waals surface area contributed by atoms with Crippen LogP contribution in [-0.4, -0.2) is 27.2 Å². The maximum Gasteiger partial charge on any atom is 0.329 e. The molecule has 0 aliphatic rings. The van der Waals surface area contributed by atoms with E-state index in [9.17, 15) is 4.79 Å². The van der Waals surface area contributed by atoms with Gasteiger partial charge >= 0.3 is 5.97 Å². The number of imidazole rings is 1. The van der Waals surface area contributed by atoms with Crippen LogP contribution in [0.25, 0.3) is 11.0 Å². The molecule has 0 aliphatic heterocycles. The Labute approximate surface area is 103 Å². The molecule has 0 saturated heterocycles. The van der Waals surface area contributed by atoms with Gasteiger partial charge in [0.2, 0.25) is 0 Å². The van der Waals surface area contributed by atoms with E-state index in [0.29, 0.717) is 10.8 Å². The molecule has 1 aromatic heterocycles. The number of hydrogen-bond donors (Lipinski definition) is 1. The molecule has 1 heterocycles. The van der Waals surface area contributed by atoms with Crippen LogP contribution in [0, 0.1) is 0 Å². The molecule has 0 radical (unpaired) electrons. The van der Waals surface area contributed by atoms with Crippen molar-refractivity contribution < 1.29 is 14.6 Å². The van der Waals surface area contributed by atoms with Crippen LogP contribution >= 0.6 is 11.6 Å². The Morgan fingerprint density at radius 2 is 2.35 bits per heavy atom. The summed E-state index contributed by atoms with van der Waals surface area (Å²) in [5.41, 5.74) is 1.71. The van der Waals surface area contributed by atoms with E-state index in [1.807, 2.05) is 17.7 Å². The highest BCUT2D eigenvalue weighted by molar-refractivity contribution is 6.31. The molecule has 6 heteroatoms. The van der Waals surface area contributed by atoms with Crippen LogP contribution in [0.5, 0.6) is 0 Å². The summed E-state index contributed by atoms with van der Waals surface area (Å²) < 4.78 is 6.86. The number of rotatable bonds is 4. The van der Waals surface area contributed by atoms with Crippen molar-refractivity contribution in [2.45, 2.75) is 6.61 Å². The fourth-order valence-corrected chi connectivity index (χ4v) is 1.75. The quantitative estimate of drug-likeness (QED) is 0.904. The normalized spacial score (nSPS) is 10.9. The average molecular weight is 255 g/mol. The number of aromatic nitrogens is 2. The third-order valence-corrected chi connectivity index (χ3v) is 2.63. The Morgan fingerprint density at radius 3 is 3.06 bits per heavy atom. The number of carbonyl (C=O) groups is 1. The summed E-state index contributed by atoms with van der Waals surface area (Å²) in [6.45, 7) is -0.168. The number of nitrogens with zero attached hydrogens (tertiary/aromatic N) is 2. The van der Waals surface area contributed by atoms with Crippen molar-refractivity contribution in [3.63, 3.8) is 0 Å². The lowest BCUT2D eigenvalue weighted by Gasteiger charge is -2.02. The van der Waals surface area contributed by atoms with Crippen molar-refractivity contribution in [2.24, 2.45) is 7.05 Å². The van der Waals surface area contributed by atoms with Gasteiger partial charge in [-0.1, -0.05) is 11.6 Å². The molecule has 0 bridgehead atoms. The van der Waals surface area contributed by atoms with Crippen LogP contribution in [-0.2, 0) is 23.2 Å². The summed E-state index contributed by atoms with van der Waals surface area (Å²) in [5, 5.41) is 9.09. The molecular formula is C11H11ClN2O3. The van der Waals surface area contributed by atoms with E-state index in [1.54, 1.807) is 12.1 Å². The molecule has 0 saturated carbocycles. The molecule has 0 atom stereocenters. The first-order chi connectivity index (χ1) is 8.08. The van der Waals surface area contributed by atoms with Crippen LogP contribution in [0.15, 0.2) is 18.2 Å². The lowest BCUT2D eigenvalue weighted by Crippen LogP contribution is -2.09. The SMILES string of the molecule is Cn1c(COCC(=O)O)nc2cc(Cl)ccc21. The third kappa shape index (κ3) is 2.57. The van der Waals surface area contributed by atoms with Gasteiger partial charge in [0.05, 0.1) is 11.0 Å². The van der Waals surface area contributed by atoms with E-state index in [-0.39, 0.29) is 13.2 Å². The maximum atomic E-state index is 10.3. The Hall–Kier alpha value is -1.59. The number of aliphatic carboxylic acids is 1. The zero-order valence-electron chi connectivity index (χ0n) is 9.18. The number of aryl methyl sites for hydroxylation is 1. The van der Waals surface area contributed by atoms with Gasteiger partial charge in [-0.2, -0.15) is 0 Å². The number of hydrogen-bond acceptors (Lipinski definition) is 3. The first-order valence-corrected chi connectivity index (χ1v) is 5.36. The Morgan fingerprint density at radius 1 is 1.59 bits per heavy atom. The second-order valence-electron chi connectivity index (χ2n) is 3.61. The van der Waals surface area contributed by atoms with Crippen molar-refractivity contribution in [1.29, 1.82) is 0 Å². The van der Waals surface area contributed by atoms with Gasteiger partial charge < -0.3 is 14.4 Å². The number of ether oxygens (including phenoxy) is 1. The van der Waals surface area contributed by atoms with Crippen LogP contribution in [0.3, 0.4) is 0 Å². The average Bonchev–Trinajstić information content (AvgIpc) is 2.55. The fraction of sp³-hybridized carbons (Fsp3) is 0.273. The molecule has 0 fully saturated rings. The number of fused-ring (bicyclic) bond motifs is 1. The lowest BCUT2D eigenvalue weighted by atomic mass is 10.3. The predicted octanol–water partition coefficient (Wildman–Crippen LogP) is 1.83. The summed E-state index contributed by atoms with van der Waals surface area (Å²) in [5.74, 6) is -0.324. The van der Waals surface area contributed by atoms with Crippen molar-refractivity contribution in [1.82, 2.24) is 9.55 Å². The van der Waals surface area contributed by atoms with E-state index in [4.69, 9.17) is 21.4 Å². The van der Waals surface area contributed by atoms with Gasteiger partial charge in [0.25, 0.3) is 0 Å². The highest BCUT2D eigenvalue weighted by Gasteiger charge is 2.08. The maximum absolute atomic E-state index is 10.3. The third-order valence-electron chi connectivity index (χ3n) is 2.39. The number of halogens is 1. The summed E-state index contributed by atoms with van der Waals surface area (Å²) >= 11 is 5.87. The predicted molar refractivity (Wildman–Crippen MR) is 63.0 cm³/mol. The minimum atomic E-state index is -0.994. The summed E-state index contributed by atoms with van der Waals surface area (Å²) in [4.78, 5) is 14.7. The topological polar surface area (TPSA) is 64.3 Å². The molecule has 1 N–H and O–H groups in total. The van der Waals surface area contributed by atoms with Crippen LogP contribution in [0.2, 0.25) is 5.02 Å². The highest BCUT2D eigenvalue weighted by atomic mass is 35.5. The first-order valence-electron chi connectivity index (χ1n) is 4.98. The molecule has 0 spiro atoms. The molecule has 0 aliphatic carbocycles. The molecule has 2 rings (SSSR count). The molecule has 90 valence electrons. The molecule has 1 aromatic carbocycles. The fourth-order valence-electron chi connectivity index (χ4n) is 1.58. The van der Waals surface area contributed by atoms with Gasteiger partial charge in [-0.05, 0) is 18.2 Å². The second kappa shape index (κ2) is 4.73. The zero-order chi connectivity index (χ0) is 12.4. The van der Waals surface area contributed by atoms with E-state index < -0.39 is 5.97 Å². The van der Waals surface area contributed by atoms with Gasteiger partial charge in [-0.15, -0.1) is 0 Å². The van der Waals surface area contributed by atoms with Crippen molar-refractivity contribution >= 4 is 28.6 Å². The number of benzene rings is 1. The molecule has 5 nitrogen and oxygen atoms in total. The molecule has 2 aromatic rings. The smallest absolute Gasteiger partial charge is 0.329 e. The van der Waals surface area contributed by atoms with Crippen molar-refractivity contribution in [3.05, 3.63) is 29.0 Å². The Kier molecular flexibility index (Phi) is 3.31.